The molecule has 0 saturated heterocycles. The first kappa shape index (κ1) is 12.6. The molecule has 0 spiro atoms. The van der Waals surface area contributed by atoms with E-state index in [4.69, 9.17) is 16.4 Å². The molecular weight excluding hydrogens is 317 g/mol. The monoisotopic (exact) mass is 320 g/mol. The van der Waals surface area contributed by atoms with Crippen molar-refractivity contribution in [3.8, 4) is 0 Å². The smallest absolute Gasteiger partial charge is 0.280 e. The maximum Gasteiger partial charge on any atom is 0.280 e. The zero-order valence-corrected chi connectivity index (χ0v) is 10.1. The fourth-order valence-corrected chi connectivity index (χ4v) is 2.39. The third-order valence-electron chi connectivity index (χ3n) is 1.48. The average molecular weight is 322 g/mol. The van der Waals surface area contributed by atoms with Crippen molar-refractivity contribution in [2.45, 2.75) is 11.3 Å². The van der Waals surface area contributed by atoms with Crippen molar-refractivity contribution in [3.05, 3.63) is 16.4 Å². The molecule has 84 valence electrons. The number of nitrogens with two attached hydrogens (primary N) is 1. The number of halogens is 4. The quantitative estimate of drug-likeness (QED) is 0.670. The first-order valence-corrected chi connectivity index (χ1v) is 6.52. The zero-order valence-electron chi connectivity index (χ0n) is 6.92. The molecule has 0 fully saturated rings. The van der Waals surface area contributed by atoms with E-state index in [-0.39, 0.29) is 10.3 Å². The highest BCUT2D eigenvalue weighted by molar-refractivity contribution is 9.10. The number of rotatable bonds is 2. The molecule has 0 aliphatic heterocycles. The highest BCUT2D eigenvalue weighted by Crippen LogP contribution is 2.31. The average Bonchev–Trinajstić information content (AvgIpc) is 2.06. The van der Waals surface area contributed by atoms with Gasteiger partial charge in [0.05, 0.1) is 5.69 Å². The van der Waals surface area contributed by atoms with E-state index in [1.54, 1.807) is 0 Å². The van der Waals surface area contributed by atoms with Crippen LogP contribution in [0.2, 0.25) is 0 Å². The molecule has 2 N–H and O–H groups in total. The lowest BCUT2D eigenvalue weighted by Crippen LogP contribution is -2.04. The summed E-state index contributed by atoms with van der Waals surface area (Å²) in [5, 5.41) is 0. The Balaban J connectivity index is 3.52. The highest BCUT2D eigenvalue weighted by Gasteiger charge is 2.21. The Bertz CT molecular complexity index is 494. The van der Waals surface area contributed by atoms with Gasteiger partial charge in [-0.05, 0) is 22.0 Å². The molecular formula is C6H4BrClF2N2O2S. The minimum absolute atomic E-state index is 0.181. The summed E-state index contributed by atoms with van der Waals surface area (Å²) in [5.41, 5.74) is 4.31. The van der Waals surface area contributed by atoms with Gasteiger partial charge in [-0.1, -0.05) is 0 Å². The second kappa shape index (κ2) is 4.18. The number of aromatic nitrogens is 1. The van der Waals surface area contributed by atoms with Gasteiger partial charge in [0, 0.05) is 10.7 Å². The Morgan fingerprint density at radius 2 is 2.07 bits per heavy atom. The Kier molecular flexibility index (Phi) is 3.51. The fraction of sp³-hybridized carbons (Fsp3) is 0.167. The molecule has 0 radical (unpaired) electrons. The van der Waals surface area contributed by atoms with Gasteiger partial charge in [0.1, 0.15) is 15.2 Å². The van der Waals surface area contributed by atoms with E-state index >= 15 is 0 Å². The predicted molar refractivity (Wildman–Crippen MR) is 54.3 cm³/mol. The van der Waals surface area contributed by atoms with Crippen LogP contribution in [-0.4, -0.2) is 13.4 Å². The standard InChI is InChI=1S/C6H4BrClF2N2O2S/c7-5-4(11)3(15(8,13)14)1-2(12-5)6(9)10/h1,6H,11H2. The molecule has 0 unspecified atom stereocenters. The zero-order chi connectivity index (χ0) is 11.8. The summed E-state index contributed by atoms with van der Waals surface area (Å²) in [6, 6.07) is 0.646. The fourth-order valence-electron chi connectivity index (χ4n) is 0.833. The molecule has 1 rings (SSSR count). The second-order valence-corrected chi connectivity index (χ2v) is 5.77. The summed E-state index contributed by atoms with van der Waals surface area (Å²) in [5.74, 6) is 0. The summed E-state index contributed by atoms with van der Waals surface area (Å²) in [7, 11) is 0.843. The summed E-state index contributed by atoms with van der Waals surface area (Å²) >= 11 is 2.77. The number of pyridine rings is 1. The lowest BCUT2D eigenvalue weighted by molar-refractivity contribution is 0.145. The number of anilines is 1. The van der Waals surface area contributed by atoms with Crippen molar-refractivity contribution in [1.29, 1.82) is 0 Å². The van der Waals surface area contributed by atoms with Crippen LogP contribution in [0.5, 0.6) is 0 Å². The van der Waals surface area contributed by atoms with Gasteiger partial charge in [-0.15, -0.1) is 0 Å². The number of alkyl halides is 2. The Hall–Kier alpha value is -0.470. The molecule has 0 saturated carbocycles. The van der Waals surface area contributed by atoms with Crippen molar-refractivity contribution in [2.24, 2.45) is 0 Å². The summed E-state index contributed by atoms with van der Waals surface area (Å²) < 4.78 is 46.3. The van der Waals surface area contributed by atoms with Crippen LogP contribution in [0.4, 0.5) is 14.5 Å². The van der Waals surface area contributed by atoms with E-state index in [2.05, 4.69) is 20.9 Å². The summed E-state index contributed by atoms with van der Waals surface area (Å²) in [4.78, 5) is 2.78. The van der Waals surface area contributed by atoms with Crippen molar-refractivity contribution in [2.75, 3.05) is 5.73 Å². The Labute approximate surface area is 97.0 Å². The Morgan fingerprint density at radius 1 is 1.53 bits per heavy atom. The van der Waals surface area contributed by atoms with Crippen LogP contribution in [-0.2, 0) is 9.05 Å². The normalized spacial score (nSPS) is 12.1. The van der Waals surface area contributed by atoms with Crippen LogP contribution in [0.3, 0.4) is 0 Å². The number of hydrogen-bond donors (Lipinski definition) is 1. The number of nitrogen functional groups attached to an aromatic ring is 1. The molecule has 0 aliphatic rings. The van der Waals surface area contributed by atoms with E-state index in [1.165, 1.54) is 0 Å². The molecule has 1 aromatic rings. The van der Waals surface area contributed by atoms with Gasteiger partial charge >= 0.3 is 0 Å². The number of hydrogen-bond acceptors (Lipinski definition) is 4. The van der Waals surface area contributed by atoms with Crippen LogP contribution >= 0.6 is 26.6 Å². The molecule has 1 aromatic heterocycles. The van der Waals surface area contributed by atoms with Crippen LogP contribution in [0.1, 0.15) is 12.1 Å². The molecule has 4 nitrogen and oxygen atoms in total. The summed E-state index contributed by atoms with van der Waals surface area (Å²) in [6.07, 6.45) is -2.90. The van der Waals surface area contributed by atoms with Crippen LogP contribution < -0.4 is 5.73 Å². The van der Waals surface area contributed by atoms with E-state index in [9.17, 15) is 17.2 Å². The lowest BCUT2D eigenvalue weighted by atomic mass is 10.3. The van der Waals surface area contributed by atoms with Gasteiger partial charge in [0.25, 0.3) is 15.5 Å². The maximum absolute atomic E-state index is 12.3. The minimum atomic E-state index is -4.17. The van der Waals surface area contributed by atoms with E-state index in [0.29, 0.717) is 6.07 Å². The van der Waals surface area contributed by atoms with Crippen molar-refractivity contribution < 1.29 is 17.2 Å². The van der Waals surface area contributed by atoms with E-state index < -0.39 is 26.1 Å². The van der Waals surface area contributed by atoms with Gasteiger partial charge in [-0.25, -0.2) is 22.2 Å². The molecule has 1 heterocycles. The van der Waals surface area contributed by atoms with Gasteiger partial charge < -0.3 is 5.73 Å². The largest absolute Gasteiger partial charge is 0.395 e. The highest BCUT2D eigenvalue weighted by atomic mass is 79.9. The van der Waals surface area contributed by atoms with Gasteiger partial charge in [-0.2, -0.15) is 0 Å². The van der Waals surface area contributed by atoms with Gasteiger partial charge in [-0.3, -0.25) is 0 Å². The maximum atomic E-state index is 12.3. The first-order valence-electron chi connectivity index (χ1n) is 3.42. The third-order valence-corrected chi connectivity index (χ3v) is 3.45. The molecule has 0 atom stereocenters. The SMILES string of the molecule is Nc1c(S(=O)(=O)Cl)cc(C(F)F)nc1Br. The van der Waals surface area contributed by atoms with E-state index in [1.807, 2.05) is 0 Å². The molecule has 0 aromatic carbocycles. The molecule has 0 aliphatic carbocycles. The minimum Gasteiger partial charge on any atom is -0.395 e. The molecule has 9 heteroatoms. The number of nitrogens with zero attached hydrogens (tertiary/aromatic N) is 1. The second-order valence-electron chi connectivity index (χ2n) is 2.49. The Morgan fingerprint density at radius 3 is 2.47 bits per heavy atom. The topological polar surface area (TPSA) is 73.1 Å². The molecule has 0 bridgehead atoms. The van der Waals surface area contributed by atoms with Gasteiger partial charge in [0.2, 0.25) is 0 Å². The van der Waals surface area contributed by atoms with Crippen molar-refractivity contribution in [1.82, 2.24) is 4.98 Å². The molecule has 15 heavy (non-hydrogen) atoms. The van der Waals surface area contributed by atoms with E-state index in [0.717, 1.165) is 0 Å². The van der Waals surface area contributed by atoms with Crippen LogP contribution in [0.15, 0.2) is 15.6 Å². The van der Waals surface area contributed by atoms with Crippen LogP contribution in [0, 0.1) is 0 Å². The van der Waals surface area contributed by atoms with Crippen molar-refractivity contribution in [3.63, 3.8) is 0 Å². The lowest BCUT2D eigenvalue weighted by Gasteiger charge is -2.06. The van der Waals surface area contributed by atoms with Gasteiger partial charge in [0.15, 0.2) is 0 Å². The summed E-state index contributed by atoms with van der Waals surface area (Å²) in [6.45, 7) is 0. The predicted octanol–water partition coefficient (Wildman–Crippen LogP) is 2.29. The van der Waals surface area contributed by atoms with Crippen molar-refractivity contribution >= 4 is 41.4 Å². The molecule has 0 amide bonds. The first-order chi connectivity index (χ1) is 6.73. The van der Waals surface area contributed by atoms with Crippen LogP contribution in [0.25, 0.3) is 0 Å². The third kappa shape index (κ3) is 2.76.